The number of hydrogen-bond acceptors (Lipinski definition) is 3. The zero-order valence-electron chi connectivity index (χ0n) is 8.74. The number of aromatic nitrogens is 1. The van der Waals surface area contributed by atoms with Crippen molar-refractivity contribution in [2.75, 3.05) is 13.2 Å². The third-order valence-corrected chi connectivity index (χ3v) is 3.32. The molecule has 3 nitrogen and oxygen atoms in total. The molecule has 0 saturated carbocycles. The Bertz CT molecular complexity index is 329. The first-order valence-electron chi connectivity index (χ1n) is 5.59. The fraction of sp³-hybridized carbons (Fsp3) is 0.583. The van der Waals surface area contributed by atoms with Gasteiger partial charge >= 0.3 is 0 Å². The number of aryl methyl sites for hydroxylation is 2. The maximum absolute atomic E-state index is 5.74. The first kappa shape index (κ1) is 9.31. The summed E-state index contributed by atoms with van der Waals surface area (Å²) in [5, 5.41) is 0. The molecule has 3 heteroatoms. The lowest BCUT2D eigenvalue weighted by atomic mass is 10.1. The SMILES string of the molecule is c1cnc2c(c1)CCC1(CC2)OCCO1. The minimum Gasteiger partial charge on any atom is -0.348 e. The first-order chi connectivity index (χ1) is 7.38. The molecule has 3 rings (SSSR count). The van der Waals surface area contributed by atoms with Crippen LogP contribution in [0.5, 0.6) is 0 Å². The summed E-state index contributed by atoms with van der Waals surface area (Å²) in [6.45, 7) is 1.48. The molecule has 1 saturated heterocycles. The number of nitrogens with zero attached hydrogens (tertiary/aromatic N) is 1. The average molecular weight is 205 g/mol. The lowest BCUT2D eigenvalue weighted by Gasteiger charge is -2.25. The van der Waals surface area contributed by atoms with E-state index in [1.54, 1.807) is 0 Å². The average Bonchev–Trinajstić information content (AvgIpc) is 2.65. The van der Waals surface area contributed by atoms with Crippen molar-refractivity contribution in [1.29, 1.82) is 0 Å². The van der Waals surface area contributed by atoms with Gasteiger partial charge in [0.2, 0.25) is 0 Å². The summed E-state index contributed by atoms with van der Waals surface area (Å²) in [4.78, 5) is 4.42. The van der Waals surface area contributed by atoms with Crippen LogP contribution in [-0.2, 0) is 22.3 Å². The van der Waals surface area contributed by atoms with Crippen LogP contribution in [0.2, 0.25) is 0 Å². The number of hydrogen-bond donors (Lipinski definition) is 0. The van der Waals surface area contributed by atoms with Gasteiger partial charge in [0.25, 0.3) is 0 Å². The lowest BCUT2D eigenvalue weighted by molar-refractivity contribution is -0.164. The Morgan fingerprint density at radius 1 is 1.13 bits per heavy atom. The van der Waals surface area contributed by atoms with Crippen molar-refractivity contribution in [3.8, 4) is 0 Å². The second-order valence-corrected chi connectivity index (χ2v) is 4.22. The summed E-state index contributed by atoms with van der Waals surface area (Å²) in [6, 6.07) is 4.17. The van der Waals surface area contributed by atoms with Gasteiger partial charge in [-0.2, -0.15) is 0 Å². The molecule has 1 aliphatic heterocycles. The van der Waals surface area contributed by atoms with Crippen LogP contribution in [0, 0.1) is 0 Å². The molecule has 0 unspecified atom stereocenters. The summed E-state index contributed by atoms with van der Waals surface area (Å²) < 4.78 is 11.5. The third-order valence-electron chi connectivity index (χ3n) is 3.32. The van der Waals surface area contributed by atoms with Crippen LogP contribution in [0.3, 0.4) is 0 Å². The Balaban J connectivity index is 1.85. The van der Waals surface area contributed by atoms with E-state index in [4.69, 9.17) is 9.47 Å². The van der Waals surface area contributed by atoms with Crippen molar-refractivity contribution in [2.45, 2.75) is 31.5 Å². The predicted octanol–water partition coefficient (Wildman–Crippen LogP) is 1.70. The van der Waals surface area contributed by atoms with E-state index >= 15 is 0 Å². The molecule has 1 spiro atoms. The van der Waals surface area contributed by atoms with E-state index in [9.17, 15) is 0 Å². The van der Waals surface area contributed by atoms with Crippen LogP contribution in [0.25, 0.3) is 0 Å². The minimum atomic E-state index is -0.305. The largest absolute Gasteiger partial charge is 0.348 e. The van der Waals surface area contributed by atoms with Crippen molar-refractivity contribution in [1.82, 2.24) is 4.98 Å². The molecular weight excluding hydrogens is 190 g/mol. The second-order valence-electron chi connectivity index (χ2n) is 4.22. The smallest absolute Gasteiger partial charge is 0.169 e. The standard InChI is InChI=1S/C12H15NO2/c1-2-10-3-5-12(14-8-9-15-12)6-4-11(10)13-7-1/h1-2,7H,3-6,8-9H2. The van der Waals surface area contributed by atoms with Crippen LogP contribution in [0.15, 0.2) is 18.3 Å². The van der Waals surface area contributed by atoms with Gasteiger partial charge in [-0.05, 0) is 24.5 Å². The van der Waals surface area contributed by atoms with Crippen LogP contribution >= 0.6 is 0 Å². The van der Waals surface area contributed by atoms with Crippen LogP contribution < -0.4 is 0 Å². The molecule has 1 aliphatic carbocycles. The number of ether oxygens (including phenoxy) is 2. The van der Waals surface area contributed by atoms with Gasteiger partial charge in [-0.15, -0.1) is 0 Å². The minimum absolute atomic E-state index is 0.305. The lowest BCUT2D eigenvalue weighted by Crippen LogP contribution is -2.30. The zero-order valence-corrected chi connectivity index (χ0v) is 8.74. The van der Waals surface area contributed by atoms with E-state index in [1.807, 2.05) is 12.3 Å². The molecule has 0 bridgehead atoms. The molecule has 1 aromatic rings. The normalized spacial score (nSPS) is 23.7. The van der Waals surface area contributed by atoms with E-state index in [0.29, 0.717) is 0 Å². The molecule has 0 radical (unpaired) electrons. The van der Waals surface area contributed by atoms with Gasteiger partial charge in [-0.3, -0.25) is 4.98 Å². The van der Waals surface area contributed by atoms with Gasteiger partial charge in [0.1, 0.15) is 0 Å². The zero-order chi connectivity index (χ0) is 10.1. The monoisotopic (exact) mass is 205 g/mol. The fourth-order valence-electron chi connectivity index (χ4n) is 2.47. The van der Waals surface area contributed by atoms with E-state index in [2.05, 4.69) is 11.1 Å². The van der Waals surface area contributed by atoms with Gasteiger partial charge < -0.3 is 9.47 Å². The van der Waals surface area contributed by atoms with Crippen LogP contribution in [0.1, 0.15) is 24.1 Å². The summed E-state index contributed by atoms with van der Waals surface area (Å²) in [5.74, 6) is -0.305. The van der Waals surface area contributed by atoms with Crippen molar-refractivity contribution in [2.24, 2.45) is 0 Å². The molecule has 2 heterocycles. The highest BCUT2D eigenvalue weighted by atomic mass is 16.7. The molecule has 2 aliphatic rings. The molecule has 1 fully saturated rings. The van der Waals surface area contributed by atoms with E-state index < -0.39 is 0 Å². The number of pyridine rings is 1. The highest BCUT2D eigenvalue weighted by Gasteiger charge is 2.37. The van der Waals surface area contributed by atoms with Crippen LogP contribution in [0.4, 0.5) is 0 Å². The molecule has 80 valence electrons. The Morgan fingerprint density at radius 2 is 1.93 bits per heavy atom. The summed E-state index contributed by atoms with van der Waals surface area (Å²) >= 11 is 0. The Hall–Kier alpha value is -0.930. The molecule has 0 atom stereocenters. The number of fused-ring (bicyclic) bond motifs is 1. The molecule has 1 aromatic heterocycles. The molecule has 0 aromatic carbocycles. The molecule has 15 heavy (non-hydrogen) atoms. The summed E-state index contributed by atoms with van der Waals surface area (Å²) in [5.41, 5.74) is 2.57. The molecule has 0 amide bonds. The first-order valence-corrected chi connectivity index (χ1v) is 5.59. The van der Waals surface area contributed by atoms with E-state index in [-0.39, 0.29) is 5.79 Å². The third kappa shape index (κ3) is 1.66. The molecular formula is C12H15NO2. The van der Waals surface area contributed by atoms with E-state index in [0.717, 1.165) is 38.9 Å². The summed E-state index contributed by atoms with van der Waals surface area (Å²) in [7, 11) is 0. The highest BCUT2D eigenvalue weighted by molar-refractivity contribution is 5.22. The van der Waals surface area contributed by atoms with Crippen molar-refractivity contribution in [3.05, 3.63) is 29.6 Å². The van der Waals surface area contributed by atoms with Crippen molar-refractivity contribution in [3.63, 3.8) is 0 Å². The Kier molecular flexibility index (Phi) is 2.22. The second kappa shape index (κ2) is 3.58. The fourth-order valence-corrected chi connectivity index (χ4v) is 2.47. The van der Waals surface area contributed by atoms with Gasteiger partial charge in [-0.1, -0.05) is 6.07 Å². The quantitative estimate of drug-likeness (QED) is 0.646. The predicted molar refractivity (Wildman–Crippen MR) is 55.5 cm³/mol. The number of rotatable bonds is 0. The highest BCUT2D eigenvalue weighted by Crippen LogP contribution is 2.33. The topological polar surface area (TPSA) is 31.4 Å². The van der Waals surface area contributed by atoms with Gasteiger partial charge in [0, 0.05) is 24.7 Å². The van der Waals surface area contributed by atoms with Crippen LogP contribution in [-0.4, -0.2) is 24.0 Å². The van der Waals surface area contributed by atoms with Gasteiger partial charge in [0.05, 0.1) is 13.2 Å². The van der Waals surface area contributed by atoms with E-state index in [1.165, 1.54) is 11.3 Å². The van der Waals surface area contributed by atoms with Gasteiger partial charge in [-0.25, -0.2) is 0 Å². The Morgan fingerprint density at radius 3 is 2.80 bits per heavy atom. The van der Waals surface area contributed by atoms with Gasteiger partial charge in [0.15, 0.2) is 5.79 Å². The maximum atomic E-state index is 5.74. The Labute approximate surface area is 89.4 Å². The van der Waals surface area contributed by atoms with Crippen molar-refractivity contribution < 1.29 is 9.47 Å². The maximum Gasteiger partial charge on any atom is 0.169 e. The summed E-state index contributed by atoms with van der Waals surface area (Å²) in [6.07, 6.45) is 5.76. The van der Waals surface area contributed by atoms with Crippen molar-refractivity contribution >= 4 is 0 Å². The molecule has 0 N–H and O–H groups in total.